The van der Waals surface area contributed by atoms with Crippen molar-refractivity contribution in [2.45, 2.75) is 38.7 Å². The third kappa shape index (κ3) is 3.86. The summed E-state index contributed by atoms with van der Waals surface area (Å²) in [5.74, 6) is 0.996. The van der Waals surface area contributed by atoms with Crippen LogP contribution in [0.2, 0.25) is 0 Å². The smallest absolute Gasteiger partial charge is 0.193 e. The number of guanidine groups is 1. The van der Waals surface area contributed by atoms with Gasteiger partial charge >= 0.3 is 0 Å². The fourth-order valence-corrected chi connectivity index (χ4v) is 3.68. The largest absolute Gasteiger partial charge is 0.370 e. The molecule has 128 valence electrons. The Kier molecular flexibility index (Phi) is 4.90. The molecule has 6 nitrogen and oxygen atoms in total. The Labute approximate surface area is 138 Å². The molecular weight excluding hydrogens is 290 g/mol. The van der Waals surface area contributed by atoms with Crippen LogP contribution in [0.1, 0.15) is 44.3 Å². The molecule has 23 heavy (non-hydrogen) atoms. The van der Waals surface area contributed by atoms with Crippen LogP contribution < -0.4 is 5.32 Å². The van der Waals surface area contributed by atoms with Gasteiger partial charge in [0.15, 0.2) is 5.96 Å². The lowest BCUT2D eigenvalue weighted by Crippen LogP contribution is -2.50. The third-order valence-electron chi connectivity index (χ3n) is 5.16. The summed E-state index contributed by atoms with van der Waals surface area (Å²) < 4.78 is 7.75. The average Bonchev–Trinajstić information content (AvgIpc) is 3.17. The van der Waals surface area contributed by atoms with Crippen LogP contribution >= 0.6 is 0 Å². The van der Waals surface area contributed by atoms with Gasteiger partial charge in [-0.3, -0.25) is 9.67 Å². The molecule has 2 fully saturated rings. The van der Waals surface area contributed by atoms with Gasteiger partial charge in [-0.25, -0.2) is 0 Å². The number of aliphatic imine (C=N–C) groups is 1. The standard InChI is InChI=1S/C17H29N5O/c1-17(6-4-5-7-17)13-19-16(18-2)22-8-9-23-15(12-22)14-10-20-21(3)11-14/h10-11,15H,4-9,12-13H2,1-3H3,(H,18,19). The molecule has 1 unspecified atom stereocenters. The van der Waals surface area contributed by atoms with Crippen molar-refractivity contribution >= 4 is 5.96 Å². The number of hydrogen-bond donors (Lipinski definition) is 1. The van der Waals surface area contributed by atoms with E-state index in [4.69, 9.17) is 4.74 Å². The first kappa shape index (κ1) is 16.3. The van der Waals surface area contributed by atoms with E-state index in [9.17, 15) is 0 Å². The Balaban J connectivity index is 1.59. The molecule has 1 aromatic rings. The van der Waals surface area contributed by atoms with Gasteiger partial charge in [0.25, 0.3) is 0 Å². The topological polar surface area (TPSA) is 54.7 Å². The van der Waals surface area contributed by atoms with Crippen molar-refractivity contribution in [1.82, 2.24) is 20.0 Å². The number of aromatic nitrogens is 2. The molecule has 1 N–H and O–H groups in total. The first-order valence-electron chi connectivity index (χ1n) is 8.65. The van der Waals surface area contributed by atoms with Crippen molar-refractivity contribution in [1.29, 1.82) is 0 Å². The van der Waals surface area contributed by atoms with Crippen LogP contribution in [0.15, 0.2) is 17.4 Å². The summed E-state index contributed by atoms with van der Waals surface area (Å²) in [6.45, 7) is 5.82. The van der Waals surface area contributed by atoms with Crippen molar-refractivity contribution < 1.29 is 4.74 Å². The predicted molar refractivity (Wildman–Crippen MR) is 91.4 cm³/mol. The summed E-state index contributed by atoms with van der Waals surface area (Å²) in [5.41, 5.74) is 1.56. The van der Waals surface area contributed by atoms with Crippen LogP contribution in [0, 0.1) is 5.41 Å². The van der Waals surface area contributed by atoms with Crippen molar-refractivity contribution in [2.24, 2.45) is 17.5 Å². The van der Waals surface area contributed by atoms with Crippen LogP contribution in [0.4, 0.5) is 0 Å². The van der Waals surface area contributed by atoms with E-state index >= 15 is 0 Å². The van der Waals surface area contributed by atoms with Gasteiger partial charge < -0.3 is 15.0 Å². The Morgan fingerprint density at radius 3 is 2.91 bits per heavy atom. The van der Waals surface area contributed by atoms with E-state index < -0.39 is 0 Å². The summed E-state index contributed by atoms with van der Waals surface area (Å²) in [5, 5.41) is 7.85. The molecule has 0 amide bonds. The Bertz CT molecular complexity index is 547. The molecule has 2 aliphatic rings. The molecule has 1 saturated heterocycles. The molecule has 0 bridgehead atoms. The minimum Gasteiger partial charge on any atom is -0.370 e. The lowest BCUT2D eigenvalue weighted by atomic mass is 9.89. The fraction of sp³-hybridized carbons (Fsp3) is 0.765. The number of aryl methyl sites for hydroxylation is 1. The van der Waals surface area contributed by atoms with Crippen molar-refractivity contribution in [3.63, 3.8) is 0 Å². The maximum Gasteiger partial charge on any atom is 0.193 e. The molecule has 6 heteroatoms. The van der Waals surface area contributed by atoms with E-state index in [-0.39, 0.29) is 6.10 Å². The summed E-state index contributed by atoms with van der Waals surface area (Å²) in [7, 11) is 3.81. The van der Waals surface area contributed by atoms with Crippen molar-refractivity contribution in [3.05, 3.63) is 18.0 Å². The van der Waals surface area contributed by atoms with Gasteiger partial charge in [-0.2, -0.15) is 5.10 Å². The molecule has 0 radical (unpaired) electrons. The van der Waals surface area contributed by atoms with E-state index in [0.717, 1.165) is 37.8 Å². The summed E-state index contributed by atoms with van der Waals surface area (Å²) >= 11 is 0. The minimum atomic E-state index is 0.0677. The summed E-state index contributed by atoms with van der Waals surface area (Å²) in [6, 6.07) is 0. The SMILES string of the molecule is CN=C(NCC1(C)CCCC1)N1CCOC(c2cnn(C)c2)C1. The Hall–Kier alpha value is -1.56. The van der Waals surface area contributed by atoms with E-state index in [2.05, 4.69) is 27.2 Å². The molecular formula is C17H29N5O. The highest BCUT2D eigenvalue weighted by atomic mass is 16.5. The van der Waals surface area contributed by atoms with Gasteiger partial charge in [-0.15, -0.1) is 0 Å². The van der Waals surface area contributed by atoms with Gasteiger partial charge in [0.05, 0.1) is 19.3 Å². The zero-order valence-electron chi connectivity index (χ0n) is 14.6. The van der Waals surface area contributed by atoms with Crippen LogP contribution in [-0.4, -0.2) is 53.9 Å². The Morgan fingerprint density at radius 1 is 1.48 bits per heavy atom. The fourth-order valence-electron chi connectivity index (χ4n) is 3.68. The number of rotatable bonds is 3. The van der Waals surface area contributed by atoms with E-state index in [1.165, 1.54) is 25.7 Å². The molecule has 2 heterocycles. The van der Waals surface area contributed by atoms with Gasteiger partial charge in [0.1, 0.15) is 6.10 Å². The first-order chi connectivity index (χ1) is 11.1. The second-order valence-electron chi connectivity index (χ2n) is 7.17. The zero-order valence-corrected chi connectivity index (χ0v) is 14.6. The number of hydrogen-bond acceptors (Lipinski definition) is 3. The van der Waals surface area contributed by atoms with Crippen LogP contribution in [0.25, 0.3) is 0 Å². The van der Waals surface area contributed by atoms with Crippen molar-refractivity contribution in [3.8, 4) is 0 Å². The zero-order chi connectivity index (χ0) is 16.3. The molecule has 0 spiro atoms. The molecule has 1 aromatic heterocycles. The Morgan fingerprint density at radius 2 is 2.26 bits per heavy atom. The summed E-state index contributed by atoms with van der Waals surface area (Å²) in [6.07, 6.45) is 9.34. The maximum atomic E-state index is 5.92. The van der Waals surface area contributed by atoms with E-state index in [0.29, 0.717) is 5.41 Å². The summed E-state index contributed by atoms with van der Waals surface area (Å²) in [4.78, 5) is 6.80. The molecule has 1 saturated carbocycles. The second kappa shape index (κ2) is 6.91. The molecule has 1 aliphatic carbocycles. The van der Waals surface area contributed by atoms with Crippen LogP contribution in [0.3, 0.4) is 0 Å². The van der Waals surface area contributed by atoms with Crippen LogP contribution in [-0.2, 0) is 11.8 Å². The highest BCUT2D eigenvalue weighted by Gasteiger charge is 2.30. The highest BCUT2D eigenvalue weighted by molar-refractivity contribution is 5.80. The normalized spacial score (nSPS) is 24.9. The van der Waals surface area contributed by atoms with E-state index in [1.807, 2.05) is 31.2 Å². The second-order valence-corrected chi connectivity index (χ2v) is 7.17. The van der Waals surface area contributed by atoms with Gasteiger partial charge in [-0.1, -0.05) is 19.8 Å². The minimum absolute atomic E-state index is 0.0677. The monoisotopic (exact) mass is 319 g/mol. The molecule has 0 aromatic carbocycles. The quantitative estimate of drug-likeness (QED) is 0.683. The van der Waals surface area contributed by atoms with Crippen molar-refractivity contribution in [2.75, 3.05) is 33.3 Å². The average molecular weight is 319 g/mol. The number of ether oxygens (including phenoxy) is 1. The molecule has 1 aliphatic heterocycles. The van der Waals surface area contributed by atoms with Crippen LogP contribution in [0.5, 0.6) is 0 Å². The molecule has 1 atom stereocenters. The number of nitrogens with one attached hydrogen (secondary N) is 1. The van der Waals surface area contributed by atoms with Gasteiger partial charge in [0.2, 0.25) is 0 Å². The van der Waals surface area contributed by atoms with Gasteiger partial charge in [-0.05, 0) is 18.3 Å². The van der Waals surface area contributed by atoms with Gasteiger partial charge in [0, 0.05) is 38.9 Å². The molecule has 3 rings (SSSR count). The predicted octanol–water partition coefficient (Wildman–Crippen LogP) is 1.95. The number of nitrogens with zero attached hydrogens (tertiary/aromatic N) is 4. The lowest BCUT2D eigenvalue weighted by molar-refractivity contribution is -0.00817. The third-order valence-corrected chi connectivity index (χ3v) is 5.16. The number of morpholine rings is 1. The lowest BCUT2D eigenvalue weighted by Gasteiger charge is -2.36. The maximum absolute atomic E-state index is 5.92. The highest BCUT2D eigenvalue weighted by Crippen LogP contribution is 2.36. The van der Waals surface area contributed by atoms with E-state index in [1.54, 1.807) is 0 Å². The first-order valence-corrected chi connectivity index (χ1v) is 8.65.